The molecule has 0 radical (unpaired) electrons. The zero-order valence-corrected chi connectivity index (χ0v) is 11.6. The van der Waals surface area contributed by atoms with Gasteiger partial charge in [0.05, 0.1) is 11.3 Å². The Kier molecular flexibility index (Phi) is 3.32. The quantitative estimate of drug-likeness (QED) is 0.901. The summed E-state index contributed by atoms with van der Waals surface area (Å²) in [5, 5.41) is 7.61. The lowest BCUT2D eigenvalue weighted by atomic mass is 10.2. The molecule has 0 fully saturated rings. The summed E-state index contributed by atoms with van der Waals surface area (Å²) in [6.07, 6.45) is 1.95. The van der Waals surface area contributed by atoms with E-state index in [4.69, 9.17) is 0 Å². The van der Waals surface area contributed by atoms with Gasteiger partial charge in [0, 0.05) is 31.0 Å². The van der Waals surface area contributed by atoms with E-state index < -0.39 is 0 Å². The van der Waals surface area contributed by atoms with Gasteiger partial charge in [0.25, 0.3) is 0 Å². The Balaban J connectivity index is 2.55. The third-order valence-electron chi connectivity index (χ3n) is 2.99. The van der Waals surface area contributed by atoms with Crippen LogP contribution < -0.4 is 5.32 Å². The molecular weight excluding hydrogens is 226 g/mol. The van der Waals surface area contributed by atoms with Crippen molar-refractivity contribution in [1.82, 2.24) is 19.7 Å². The van der Waals surface area contributed by atoms with Crippen LogP contribution in [0, 0.1) is 20.8 Å². The number of aromatic nitrogens is 4. The van der Waals surface area contributed by atoms with E-state index in [0.717, 1.165) is 40.7 Å². The van der Waals surface area contributed by atoms with Gasteiger partial charge in [-0.15, -0.1) is 0 Å². The van der Waals surface area contributed by atoms with Gasteiger partial charge in [-0.25, -0.2) is 9.97 Å². The average molecular weight is 245 g/mol. The average Bonchev–Trinajstić information content (AvgIpc) is 2.64. The van der Waals surface area contributed by atoms with Crippen LogP contribution in [0.2, 0.25) is 0 Å². The molecule has 2 rings (SSSR count). The summed E-state index contributed by atoms with van der Waals surface area (Å²) in [5.41, 5.74) is 4.03. The van der Waals surface area contributed by atoms with Crippen molar-refractivity contribution in [2.24, 2.45) is 7.05 Å². The Bertz CT molecular complexity index is 571. The van der Waals surface area contributed by atoms with Crippen LogP contribution in [0.15, 0.2) is 6.20 Å². The first-order valence-electron chi connectivity index (χ1n) is 6.12. The van der Waals surface area contributed by atoms with Crippen molar-refractivity contribution in [1.29, 1.82) is 0 Å². The molecular formula is C13H19N5. The molecule has 0 saturated carbocycles. The fourth-order valence-electron chi connectivity index (χ4n) is 1.91. The Morgan fingerprint density at radius 2 is 1.89 bits per heavy atom. The van der Waals surface area contributed by atoms with Gasteiger partial charge in [0.15, 0.2) is 5.82 Å². The number of rotatable bonds is 3. The van der Waals surface area contributed by atoms with Gasteiger partial charge in [-0.05, 0) is 27.7 Å². The molecule has 1 N–H and O–H groups in total. The van der Waals surface area contributed by atoms with Crippen molar-refractivity contribution >= 4 is 5.82 Å². The zero-order chi connectivity index (χ0) is 13.3. The Labute approximate surface area is 107 Å². The van der Waals surface area contributed by atoms with Gasteiger partial charge in [-0.1, -0.05) is 0 Å². The van der Waals surface area contributed by atoms with Crippen molar-refractivity contribution in [2.75, 3.05) is 11.9 Å². The Hall–Kier alpha value is -1.91. The third kappa shape index (κ3) is 2.20. The lowest BCUT2D eigenvalue weighted by Gasteiger charge is -2.10. The van der Waals surface area contributed by atoms with Gasteiger partial charge in [-0.3, -0.25) is 4.68 Å². The van der Waals surface area contributed by atoms with Crippen molar-refractivity contribution in [3.8, 4) is 11.4 Å². The minimum Gasteiger partial charge on any atom is -0.370 e. The van der Waals surface area contributed by atoms with Crippen LogP contribution in [0.25, 0.3) is 11.4 Å². The topological polar surface area (TPSA) is 55.6 Å². The van der Waals surface area contributed by atoms with E-state index in [1.54, 1.807) is 4.68 Å². The highest BCUT2D eigenvalue weighted by Crippen LogP contribution is 2.23. The van der Waals surface area contributed by atoms with E-state index in [1.165, 1.54) is 0 Å². The molecule has 5 nitrogen and oxygen atoms in total. The summed E-state index contributed by atoms with van der Waals surface area (Å²) < 4.78 is 1.79. The summed E-state index contributed by atoms with van der Waals surface area (Å²) in [6, 6.07) is 0. The summed E-state index contributed by atoms with van der Waals surface area (Å²) in [6.45, 7) is 8.93. The van der Waals surface area contributed by atoms with Gasteiger partial charge < -0.3 is 5.32 Å². The monoisotopic (exact) mass is 245 g/mol. The maximum Gasteiger partial charge on any atom is 0.165 e. The normalized spacial score (nSPS) is 10.7. The van der Waals surface area contributed by atoms with E-state index in [2.05, 4.69) is 27.3 Å². The van der Waals surface area contributed by atoms with Crippen LogP contribution in [0.3, 0.4) is 0 Å². The third-order valence-corrected chi connectivity index (χ3v) is 2.99. The fraction of sp³-hybridized carbons (Fsp3) is 0.462. The van der Waals surface area contributed by atoms with E-state index in [9.17, 15) is 0 Å². The predicted molar refractivity (Wildman–Crippen MR) is 72.6 cm³/mol. The molecule has 0 unspecified atom stereocenters. The molecule has 0 amide bonds. The van der Waals surface area contributed by atoms with Gasteiger partial charge in [0.1, 0.15) is 5.82 Å². The molecule has 18 heavy (non-hydrogen) atoms. The Morgan fingerprint density at radius 3 is 2.44 bits per heavy atom. The molecule has 5 heteroatoms. The standard InChI is InChI=1S/C13H19N5/c1-6-14-12-8(2)9(3)15-13(16-12)11-7-18(5)17-10(11)4/h7H,6H2,1-5H3,(H,14,15,16). The zero-order valence-electron chi connectivity index (χ0n) is 11.6. The van der Waals surface area contributed by atoms with Crippen molar-refractivity contribution in [2.45, 2.75) is 27.7 Å². The predicted octanol–water partition coefficient (Wildman–Crippen LogP) is 2.23. The highest BCUT2D eigenvalue weighted by Gasteiger charge is 2.13. The number of hydrogen-bond donors (Lipinski definition) is 1. The van der Waals surface area contributed by atoms with Crippen LogP contribution in [0.1, 0.15) is 23.9 Å². The molecule has 96 valence electrons. The maximum absolute atomic E-state index is 4.59. The molecule has 0 atom stereocenters. The van der Waals surface area contributed by atoms with Crippen molar-refractivity contribution < 1.29 is 0 Å². The largest absolute Gasteiger partial charge is 0.370 e. The van der Waals surface area contributed by atoms with Crippen LogP contribution in [0.4, 0.5) is 5.82 Å². The minimum absolute atomic E-state index is 0.736. The smallest absolute Gasteiger partial charge is 0.165 e. The van der Waals surface area contributed by atoms with Gasteiger partial charge >= 0.3 is 0 Å². The second-order valence-corrected chi connectivity index (χ2v) is 4.44. The first kappa shape index (κ1) is 12.5. The van der Waals surface area contributed by atoms with E-state index in [-0.39, 0.29) is 0 Å². The molecule has 0 aliphatic rings. The highest BCUT2D eigenvalue weighted by molar-refractivity contribution is 5.61. The number of hydrogen-bond acceptors (Lipinski definition) is 4. The molecule has 0 aliphatic carbocycles. The minimum atomic E-state index is 0.736. The summed E-state index contributed by atoms with van der Waals surface area (Å²) in [4.78, 5) is 9.15. The summed E-state index contributed by atoms with van der Waals surface area (Å²) >= 11 is 0. The van der Waals surface area contributed by atoms with Gasteiger partial charge in [-0.2, -0.15) is 5.10 Å². The van der Waals surface area contributed by atoms with Crippen LogP contribution in [-0.2, 0) is 7.05 Å². The molecule has 0 bridgehead atoms. The summed E-state index contributed by atoms with van der Waals surface area (Å²) in [7, 11) is 1.91. The first-order valence-corrected chi connectivity index (χ1v) is 6.12. The van der Waals surface area contributed by atoms with Crippen LogP contribution in [0.5, 0.6) is 0 Å². The van der Waals surface area contributed by atoms with Crippen LogP contribution >= 0.6 is 0 Å². The second-order valence-electron chi connectivity index (χ2n) is 4.44. The fourth-order valence-corrected chi connectivity index (χ4v) is 1.91. The van der Waals surface area contributed by atoms with E-state index in [0.29, 0.717) is 0 Å². The summed E-state index contributed by atoms with van der Waals surface area (Å²) in [5.74, 6) is 1.64. The number of nitrogens with one attached hydrogen (secondary N) is 1. The molecule has 0 aliphatic heterocycles. The van der Waals surface area contributed by atoms with Crippen molar-refractivity contribution in [3.05, 3.63) is 23.1 Å². The van der Waals surface area contributed by atoms with Gasteiger partial charge in [0.2, 0.25) is 0 Å². The Morgan fingerprint density at radius 1 is 1.17 bits per heavy atom. The number of nitrogens with zero attached hydrogens (tertiary/aromatic N) is 4. The lowest BCUT2D eigenvalue weighted by Crippen LogP contribution is -2.06. The highest BCUT2D eigenvalue weighted by atomic mass is 15.3. The molecule has 2 aromatic rings. The van der Waals surface area contributed by atoms with E-state index >= 15 is 0 Å². The maximum atomic E-state index is 4.59. The second kappa shape index (κ2) is 4.76. The molecule has 0 aromatic carbocycles. The molecule has 2 aromatic heterocycles. The number of anilines is 1. The SMILES string of the molecule is CCNc1nc(-c2cn(C)nc2C)nc(C)c1C. The first-order chi connectivity index (χ1) is 8.52. The molecule has 0 saturated heterocycles. The van der Waals surface area contributed by atoms with Crippen molar-refractivity contribution in [3.63, 3.8) is 0 Å². The van der Waals surface area contributed by atoms with Crippen LogP contribution in [-0.4, -0.2) is 26.3 Å². The van der Waals surface area contributed by atoms with E-state index in [1.807, 2.05) is 34.0 Å². The lowest BCUT2D eigenvalue weighted by molar-refractivity contribution is 0.756. The number of aryl methyl sites for hydroxylation is 3. The molecule has 0 spiro atoms. The molecule has 2 heterocycles.